The molecule has 0 radical (unpaired) electrons. The van der Waals surface area contributed by atoms with Crippen LogP contribution in [0, 0.1) is 16.0 Å². The smallest absolute Gasteiger partial charge is 0.311 e. The van der Waals surface area contributed by atoms with Gasteiger partial charge in [-0.05, 0) is 12.0 Å². The molecule has 1 rings (SSSR count). The first-order valence-corrected chi connectivity index (χ1v) is 5.82. The van der Waals surface area contributed by atoms with Gasteiger partial charge in [0.1, 0.15) is 6.04 Å². The second kappa shape index (κ2) is 6.00. The number of amides is 2. The number of hydrogen-bond acceptors (Lipinski definition) is 5. The van der Waals surface area contributed by atoms with Gasteiger partial charge in [-0.25, -0.2) is 0 Å². The fourth-order valence-electron chi connectivity index (χ4n) is 1.65. The lowest BCUT2D eigenvalue weighted by Gasteiger charge is -2.19. The number of nitrogens with one attached hydrogen (secondary N) is 1. The van der Waals surface area contributed by atoms with E-state index < -0.39 is 34.2 Å². The van der Waals surface area contributed by atoms with E-state index in [-0.39, 0.29) is 11.5 Å². The number of rotatable bonds is 5. The molecule has 1 unspecified atom stereocenters. The lowest BCUT2D eigenvalue weighted by atomic mass is 10.0. The highest BCUT2D eigenvalue weighted by Gasteiger charge is 2.26. The number of aromatic hydroxyl groups is 1. The van der Waals surface area contributed by atoms with Gasteiger partial charge in [-0.1, -0.05) is 19.9 Å². The zero-order valence-electron chi connectivity index (χ0n) is 11.0. The number of carbonyl (C=O) groups is 2. The Morgan fingerprint density at radius 3 is 2.45 bits per heavy atom. The standard InChI is InChI=1S/C12H15N3O5/c1-6(2)9(11(13)17)14-12(18)7-4-3-5-8(10(7)16)15(19)20/h3-6,9,16H,1-2H3,(H2,13,17)(H,14,18). The molecular weight excluding hydrogens is 266 g/mol. The summed E-state index contributed by atoms with van der Waals surface area (Å²) in [5, 5.41) is 22.7. The molecule has 2 amide bonds. The van der Waals surface area contributed by atoms with E-state index in [1.807, 2.05) is 0 Å². The van der Waals surface area contributed by atoms with Crippen molar-refractivity contribution < 1.29 is 19.6 Å². The minimum atomic E-state index is -0.929. The molecule has 4 N–H and O–H groups in total. The topological polar surface area (TPSA) is 136 Å². The van der Waals surface area contributed by atoms with Crippen LogP contribution in [0.3, 0.4) is 0 Å². The molecule has 0 aliphatic carbocycles. The van der Waals surface area contributed by atoms with Gasteiger partial charge in [0.05, 0.1) is 10.5 Å². The Kier molecular flexibility index (Phi) is 4.63. The average Bonchev–Trinajstić information content (AvgIpc) is 2.34. The Balaban J connectivity index is 3.07. The highest BCUT2D eigenvalue weighted by Crippen LogP contribution is 2.29. The molecule has 0 spiro atoms. The Morgan fingerprint density at radius 1 is 1.40 bits per heavy atom. The van der Waals surface area contributed by atoms with Crippen molar-refractivity contribution in [3.05, 3.63) is 33.9 Å². The van der Waals surface area contributed by atoms with Crippen LogP contribution in [-0.2, 0) is 4.79 Å². The fourth-order valence-corrected chi connectivity index (χ4v) is 1.65. The lowest BCUT2D eigenvalue weighted by Crippen LogP contribution is -2.47. The molecule has 8 heteroatoms. The van der Waals surface area contributed by atoms with Crippen molar-refractivity contribution in [1.29, 1.82) is 0 Å². The first-order valence-electron chi connectivity index (χ1n) is 5.82. The van der Waals surface area contributed by atoms with Gasteiger partial charge >= 0.3 is 5.69 Å². The van der Waals surface area contributed by atoms with Gasteiger partial charge in [-0.2, -0.15) is 0 Å². The van der Waals surface area contributed by atoms with E-state index in [0.29, 0.717) is 0 Å². The molecule has 0 saturated carbocycles. The number of nitrogens with zero attached hydrogens (tertiary/aromatic N) is 1. The van der Waals surface area contributed by atoms with Gasteiger partial charge in [-0.15, -0.1) is 0 Å². The first kappa shape index (κ1) is 15.4. The third-order valence-corrected chi connectivity index (χ3v) is 2.72. The van der Waals surface area contributed by atoms with E-state index >= 15 is 0 Å². The van der Waals surface area contributed by atoms with Crippen LogP contribution in [0.5, 0.6) is 5.75 Å². The van der Waals surface area contributed by atoms with Crippen molar-refractivity contribution >= 4 is 17.5 Å². The van der Waals surface area contributed by atoms with Crippen molar-refractivity contribution in [2.75, 3.05) is 0 Å². The predicted molar refractivity (Wildman–Crippen MR) is 70.0 cm³/mol. The fraction of sp³-hybridized carbons (Fsp3) is 0.333. The molecule has 20 heavy (non-hydrogen) atoms. The number of carbonyl (C=O) groups excluding carboxylic acids is 2. The van der Waals surface area contributed by atoms with Gasteiger partial charge in [0.15, 0.2) is 0 Å². The highest BCUT2D eigenvalue weighted by atomic mass is 16.6. The van der Waals surface area contributed by atoms with Crippen molar-refractivity contribution in [2.45, 2.75) is 19.9 Å². The summed E-state index contributed by atoms with van der Waals surface area (Å²) in [5.41, 5.74) is 4.28. The zero-order chi connectivity index (χ0) is 15.4. The van der Waals surface area contributed by atoms with Crippen molar-refractivity contribution in [1.82, 2.24) is 5.32 Å². The minimum Gasteiger partial charge on any atom is -0.502 e. The Morgan fingerprint density at radius 2 is 2.00 bits per heavy atom. The second-order valence-corrected chi connectivity index (χ2v) is 4.53. The predicted octanol–water partition coefficient (Wildman–Crippen LogP) is 0.540. The lowest BCUT2D eigenvalue weighted by molar-refractivity contribution is -0.385. The van der Waals surface area contributed by atoms with E-state index in [0.717, 1.165) is 6.07 Å². The monoisotopic (exact) mass is 281 g/mol. The number of benzene rings is 1. The van der Waals surface area contributed by atoms with Crippen LogP contribution in [0.25, 0.3) is 0 Å². The van der Waals surface area contributed by atoms with E-state index in [1.165, 1.54) is 12.1 Å². The summed E-state index contributed by atoms with van der Waals surface area (Å²) < 4.78 is 0. The maximum absolute atomic E-state index is 12.0. The Bertz CT molecular complexity index is 556. The SMILES string of the molecule is CC(C)C(NC(=O)c1cccc([N+](=O)[O-])c1O)C(N)=O. The van der Waals surface area contributed by atoms with E-state index in [2.05, 4.69) is 5.32 Å². The van der Waals surface area contributed by atoms with Crippen LogP contribution >= 0.6 is 0 Å². The number of hydrogen-bond donors (Lipinski definition) is 3. The number of para-hydroxylation sites is 1. The average molecular weight is 281 g/mol. The first-order chi connectivity index (χ1) is 9.25. The molecular formula is C12H15N3O5. The van der Waals surface area contributed by atoms with Crippen LogP contribution in [0.15, 0.2) is 18.2 Å². The third-order valence-electron chi connectivity index (χ3n) is 2.72. The Hall–Kier alpha value is -2.64. The van der Waals surface area contributed by atoms with Crippen LogP contribution in [0.4, 0.5) is 5.69 Å². The van der Waals surface area contributed by atoms with Crippen LogP contribution in [0.2, 0.25) is 0 Å². The van der Waals surface area contributed by atoms with Gasteiger partial charge < -0.3 is 16.2 Å². The van der Waals surface area contributed by atoms with Crippen LogP contribution < -0.4 is 11.1 Å². The van der Waals surface area contributed by atoms with E-state index in [9.17, 15) is 24.8 Å². The summed E-state index contributed by atoms with van der Waals surface area (Å²) in [6.45, 7) is 3.37. The molecule has 0 heterocycles. The van der Waals surface area contributed by atoms with Crippen LogP contribution in [-0.4, -0.2) is 27.9 Å². The summed E-state index contributed by atoms with van der Waals surface area (Å²) in [6, 6.07) is 2.62. The molecule has 0 aromatic heterocycles. The normalized spacial score (nSPS) is 11.9. The van der Waals surface area contributed by atoms with E-state index in [4.69, 9.17) is 5.73 Å². The number of primary amides is 1. The maximum Gasteiger partial charge on any atom is 0.311 e. The summed E-state index contributed by atoms with van der Waals surface area (Å²) in [5.74, 6) is -2.53. The maximum atomic E-state index is 12.0. The summed E-state index contributed by atoms with van der Waals surface area (Å²) in [6.07, 6.45) is 0. The quantitative estimate of drug-likeness (QED) is 0.534. The molecule has 0 aliphatic heterocycles. The van der Waals surface area contributed by atoms with Crippen molar-refractivity contribution in [3.63, 3.8) is 0 Å². The molecule has 1 aromatic rings. The molecule has 0 bridgehead atoms. The number of phenols is 1. The number of nitro groups is 1. The molecule has 0 saturated heterocycles. The van der Waals surface area contributed by atoms with Gasteiger partial charge in [-0.3, -0.25) is 19.7 Å². The van der Waals surface area contributed by atoms with Gasteiger partial charge in [0.2, 0.25) is 11.7 Å². The van der Waals surface area contributed by atoms with Gasteiger partial charge in [0, 0.05) is 6.07 Å². The van der Waals surface area contributed by atoms with Gasteiger partial charge in [0.25, 0.3) is 5.91 Å². The largest absolute Gasteiger partial charge is 0.502 e. The summed E-state index contributed by atoms with van der Waals surface area (Å²) in [7, 11) is 0. The summed E-state index contributed by atoms with van der Waals surface area (Å²) in [4.78, 5) is 33.0. The Labute approximate surface area is 114 Å². The second-order valence-electron chi connectivity index (χ2n) is 4.53. The molecule has 0 fully saturated rings. The molecule has 1 aromatic carbocycles. The number of nitrogens with two attached hydrogens (primary N) is 1. The zero-order valence-corrected chi connectivity index (χ0v) is 11.0. The molecule has 108 valence electrons. The van der Waals surface area contributed by atoms with Crippen LogP contribution in [0.1, 0.15) is 24.2 Å². The molecule has 0 aliphatic rings. The molecule has 1 atom stereocenters. The van der Waals surface area contributed by atoms with Crippen molar-refractivity contribution in [2.24, 2.45) is 11.7 Å². The highest BCUT2D eigenvalue weighted by molar-refractivity contribution is 6.00. The molecule has 8 nitrogen and oxygen atoms in total. The summed E-state index contributed by atoms with van der Waals surface area (Å²) >= 11 is 0. The number of phenolic OH excluding ortho intramolecular Hbond substituents is 1. The van der Waals surface area contributed by atoms with Crippen molar-refractivity contribution in [3.8, 4) is 5.75 Å². The third kappa shape index (κ3) is 3.22. The minimum absolute atomic E-state index is 0.253. The number of nitro benzene ring substituents is 1. The van der Waals surface area contributed by atoms with E-state index in [1.54, 1.807) is 13.8 Å².